The fourth-order valence-electron chi connectivity index (χ4n) is 2.45. The zero-order chi connectivity index (χ0) is 15.1. The predicted octanol–water partition coefficient (Wildman–Crippen LogP) is 2.35. The van der Waals surface area contributed by atoms with E-state index in [2.05, 4.69) is 17.1 Å². The third-order valence-corrected chi connectivity index (χ3v) is 3.48. The average Bonchev–Trinajstić information content (AvgIpc) is 3.01. The number of aromatic hydroxyl groups is 1. The van der Waals surface area contributed by atoms with E-state index < -0.39 is 0 Å². The Morgan fingerprint density at radius 1 is 1.33 bits per heavy atom. The Labute approximate surface area is 126 Å². The molecule has 0 amide bonds. The van der Waals surface area contributed by atoms with Crippen molar-refractivity contribution >= 4 is 5.96 Å². The highest BCUT2D eigenvalue weighted by molar-refractivity contribution is 5.80. The van der Waals surface area contributed by atoms with Gasteiger partial charge in [0.1, 0.15) is 0 Å². The van der Waals surface area contributed by atoms with Crippen molar-refractivity contribution in [3.63, 3.8) is 0 Å². The van der Waals surface area contributed by atoms with Crippen LogP contribution in [-0.4, -0.2) is 42.2 Å². The Morgan fingerprint density at radius 3 is 2.76 bits per heavy atom. The van der Waals surface area contributed by atoms with Crippen LogP contribution in [0.2, 0.25) is 0 Å². The summed E-state index contributed by atoms with van der Waals surface area (Å²) in [5, 5.41) is 13.1. The molecule has 0 radical (unpaired) electrons. The molecule has 1 saturated heterocycles. The summed E-state index contributed by atoms with van der Waals surface area (Å²) in [6.07, 6.45) is 2.47. The van der Waals surface area contributed by atoms with Gasteiger partial charge >= 0.3 is 0 Å². The molecule has 0 aliphatic carbocycles. The van der Waals surface area contributed by atoms with E-state index in [0.29, 0.717) is 18.9 Å². The summed E-state index contributed by atoms with van der Waals surface area (Å²) >= 11 is 0. The summed E-state index contributed by atoms with van der Waals surface area (Å²) in [5.41, 5.74) is 1.03. The highest BCUT2D eigenvalue weighted by Gasteiger charge is 2.15. The third-order valence-electron chi connectivity index (χ3n) is 3.48. The Bertz CT molecular complexity index is 482. The molecule has 21 heavy (non-hydrogen) atoms. The van der Waals surface area contributed by atoms with E-state index in [9.17, 15) is 5.11 Å². The first kappa shape index (κ1) is 15.5. The van der Waals surface area contributed by atoms with Crippen LogP contribution in [0.25, 0.3) is 0 Å². The molecule has 0 aromatic heterocycles. The summed E-state index contributed by atoms with van der Waals surface area (Å²) in [7, 11) is 0. The first-order valence-corrected chi connectivity index (χ1v) is 7.72. The highest BCUT2D eigenvalue weighted by Crippen LogP contribution is 2.27. The number of phenolic OH excluding ortho intramolecular Hbond substituents is 1. The second-order valence-electron chi connectivity index (χ2n) is 5.10. The molecule has 1 aromatic carbocycles. The highest BCUT2D eigenvalue weighted by atomic mass is 16.5. The average molecular weight is 291 g/mol. The normalized spacial score (nSPS) is 15.3. The maximum Gasteiger partial charge on any atom is 0.194 e. The lowest BCUT2D eigenvalue weighted by atomic mass is 10.2. The lowest BCUT2D eigenvalue weighted by molar-refractivity contribution is 0.318. The minimum absolute atomic E-state index is 0.177. The van der Waals surface area contributed by atoms with Crippen LogP contribution in [0.15, 0.2) is 23.2 Å². The fraction of sp³-hybridized carbons (Fsp3) is 0.562. The SMILES string of the molecule is CCNC(=NCc1ccc(O)c(OCC)c1)N1CCCC1. The molecule has 1 aliphatic rings. The lowest BCUT2D eigenvalue weighted by Gasteiger charge is -2.20. The Morgan fingerprint density at radius 2 is 2.10 bits per heavy atom. The van der Waals surface area contributed by atoms with Gasteiger partial charge in [-0.15, -0.1) is 0 Å². The predicted molar refractivity (Wildman–Crippen MR) is 84.9 cm³/mol. The smallest absolute Gasteiger partial charge is 0.194 e. The van der Waals surface area contributed by atoms with E-state index in [-0.39, 0.29) is 5.75 Å². The quantitative estimate of drug-likeness (QED) is 0.646. The number of rotatable bonds is 5. The van der Waals surface area contributed by atoms with Gasteiger partial charge in [-0.2, -0.15) is 0 Å². The van der Waals surface area contributed by atoms with E-state index in [1.54, 1.807) is 6.07 Å². The molecule has 2 rings (SSSR count). The van der Waals surface area contributed by atoms with Crippen LogP contribution >= 0.6 is 0 Å². The molecule has 0 spiro atoms. The van der Waals surface area contributed by atoms with Gasteiger partial charge in [0.05, 0.1) is 13.2 Å². The van der Waals surface area contributed by atoms with E-state index in [1.165, 1.54) is 12.8 Å². The van der Waals surface area contributed by atoms with E-state index in [1.807, 2.05) is 19.1 Å². The third kappa shape index (κ3) is 4.28. The van der Waals surface area contributed by atoms with Crippen molar-refractivity contribution in [2.75, 3.05) is 26.2 Å². The van der Waals surface area contributed by atoms with Crippen molar-refractivity contribution in [2.45, 2.75) is 33.2 Å². The van der Waals surface area contributed by atoms with Gasteiger partial charge in [0.25, 0.3) is 0 Å². The van der Waals surface area contributed by atoms with Crippen LogP contribution in [-0.2, 0) is 6.54 Å². The molecule has 5 nitrogen and oxygen atoms in total. The van der Waals surface area contributed by atoms with Crippen molar-refractivity contribution in [3.05, 3.63) is 23.8 Å². The summed E-state index contributed by atoms with van der Waals surface area (Å²) in [6, 6.07) is 5.41. The van der Waals surface area contributed by atoms with Gasteiger partial charge in [-0.25, -0.2) is 4.99 Å². The summed E-state index contributed by atoms with van der Waals surface area (Å²) in [6.45, 7) is 8.13. The van der Waals surface area contributed by atoms with Crippen LogP contribution in [0.1, 0.15) is 32.3 Å². The molecule has 0 bridgehead atoms. The maximum atomic E-state index is 9.72. The Balaban J connectivity index is 2.07. The second-order valence-corrected chi connectivity index (χ2v) is 5.10. The maximum absolute atomic E-state index is 9.72. The summed E-state index contributed by atoms with van der Waals surface area (Å²) in [4.78, 5) is 6.99. The fourth-order valence-corrected chi connectivity index (χ4v) is 2.45. The molecule has 1 aliphatic heterocycles. The van der Waals surface area contributed by atoms with Gasteiger partial charge in [-0.3, -0.25) is 0 Å². The number of aliphatic imine (C=N–C) groups is 1. The Hall–Kier alpha value is -1.91. The topological polar surface area (TPSA) is 57.1 Å². The first-order valence-electron chi connectivity index (χ1n) is 7.72. The molecule has 0 unspecified atom stereocenters. The van der Waals surface area contributed by atoms with Crippen molar-refractivity contribution in [2.24, 2.45) is 4.99 Å². The van der Waals surface area contributed by atoms with Gasteiger partial charge in [0.2, 0.25) is 0 Å². The van der Waals surface area contributed by atoms with Gasteiger partial charge in [0.15, 0.2) is 17.5 Å². The minimum atomic E-state index is 0.177. The van der Waals surface area contributed by atoms with Crippen molar-refractivity contribution < 1.29 is 9.84 Å². The number of likely N-dealkylation sites (tertiary alicyclic amines) is 1. The van der Waals surface area contributed by atoms with Crippen LogP contribution in [0.4, 0.5) is 0 Å². The number of nitrogens with one attached hydrogen (secondary N) is 1. The van der Waals surface area contributed by atoms with Crippen molar-refractivity contribution in [1.82, 2.24) is 10.2 Å². The van der Waals surface area contributed by atoms with E-state index >= 15 is 0 Å². The molecule has 1 heterocycles. The standard InChI is InChI=1S/C16H25N3O2/c1-3-17-16(19-9-5-6-10-19)18-12-13-7-8-14(20)15(11-13)21-4-2/h7-8,11,20H,3-6,9-10,12H2,1-2H3,(H,17,18). The Kier molecular flexibility index (Phi) is 5.72. The van der Waals surface area contributed by atoms with Crippen LogP contribution in [0.3, 0.4) is 0 Å². The lowest BCUT2D eigenvalue weighted by Crippen LogP contribution is -2.39. The number of guanidine groups is 1. The molecule has 1 fully saturated rings. The van der Waals surface area contributed by atoms with Crippen molar-refractivity contribution in [1.29, 1.82) is 0 Å². The number of hydrogen-bond donors (Lipinski definition) is 2. The van der Waals surface area contributed by atoms with E-state index in [4.69, 9.17) is 9.73 Å². The largest absolute Gasteiger partial charge is 0.504 e. The number of nitrogens with zero attached hydrogens (tertiary/aromatic N) is 2. The first-order chi connectivity index (χ1) is 10.2. The molecule has 2 N–H and O–H groups in total. The number of hydrogen-bond acceptors (Lipinski definition) is 3. The molecular formula is C16H25N3O2. The van der Waals surface area contributed by atoms with Crippen LogP contribution in [0, 0.1) is 0 Å². The number of benzene rings is 1. The van der Waals surface area contributed by atoms with Crippen molar-refractivity contribution in [3.8, 4) is 11.5 Å². The second kappa shape index (κ2) is 7.76. The van der Waals surface area contributed by atoms with Crippen LogP contribution < -0.4 is 10.1 Å². The molecule has 5 heteroatoms. The molecule has 116 valence electrons. The van der Waals surface area contributed by atoms with Gasteiger partial charge in [-0.1, -0.05) is 6.07 Å². The van der Waals surface area contributed by atoms with Gasteiger partial charge in [0, 0.05) is 19.6 Å². The molecule has 0 atom stereocenters. The molecule has 0 saturated carbocycles. The number of phenols is 1. The van der Waals surface area contributed by atoms with Gasteiger partial charge < -0.3 is 20.1 Å². The van der Waals surface area contributed by atoms with E-state index in [0.717, 1.165) is 31.2 Å². The zero-order valence-electron chi connectivity index (χ0n) is 12.9. The molecular weight excluding hydrogens is 266 g/mol. The minimum Gasteiger partial charge on any atom is -0.504 e. The molecule has 1 aromatic rings. The zero-order valence-corrected chi connectivity index (χ0v) is 12.9. The number of ether oxygens (including phenoxy) is 1. The summed E-state index contributed by atoms with van der Waals surface area (Å²) in [5.74, 6) is 1.67. The van der Waals surface area contributed by atoms with Crippen LogP contribution in [0.5, 0.6) is 11.5 Å². The van der Waals surface area contributed by atoms with Gasteiger partial charge in [-0.05, 0) is 44.4 Å². The summed E-state index contributed by atoms with van der Waals surface area (Å²) < 4.78 is 5.41. The monoisotopic (exact) mass is 291 g/mol.